The van der Waals surface area contributed by atoms with Crippen LogP contribution in [0.1, 0.15) is 0 Å². The summed E-state index contributed by atoms with van der Waals surface area (Å²) in [5.74, 6) is 0.791. The Hall–Kier alpha value is -2.07. The van der Waals surface area contributed by atoms with E-state index >= 15 is 0 Å². The lowest BCUT2D eigenvalue weighted by Crippen LogP contribution is -1.90. The van der Waals surface area contributed by atoms with Gasteiger partial charge in [-0.25, -0.2) is 0 Å². The zero-order valence-electron chi connectivity index (χ0n) is 9.68. The molecule has 0 aromatic heterocycles. The minimum atomic E-state index is 0.233. The normalized spacial score (nSPS) is 9.89. The lowest BCUT2D eigenvalue weighted by molar-refractivity contribution is 0.415. The highest BCUT2D eigenvalue weighted by Gasteiger charge is 2.02. The minimum absolute atomic E-state index is 0.233. The first-order chi connectivity index (χ1) is 8.72. The number of nitrogens with zero attached hydrogens (tertiary/aromatic N) is 1. The molecule has 2 aromatic rings. The fraction of sp³-hybridized carbons (Fsp3) is 0.0769. The summed E-state index contributed by atoms with van der Waals surface area (Å²) in [6.45, 7) is 0. The van der Waals surface area contributed by atoms with Gasteiger partial charge in [-0.05, 0) is 47.6 Å². The summed E-state index contributed by atoms with van der Waals surface area (Å²) in [7, 11) is 1.62. The van der Waals surface area contributed by atoms with Gasteiger partial charge in [-0.3, -0.25) is 0 Å². The topological polar surface area (TPSA) is 50.7 Å². The molecule has 0 atom stereocenters. The number of nitrogens with one attached hydrogen (secondary N) is 1. The maximum atomic E-state index is 10.4. The van der Waals surface area contributed by atoms with E-state index < -0.39 is 0 Å². The molecule has 4 nitrogen and oxygen atoms in total. The predicted octanol–water partition coefficient (Wildman–Crippen LogP) is 4.49. The van der Waals surface area contributed by atoms with E-state index in [-0.39, 0.29) is 5.69 Å². The van der Waals surface area contributed by atoms with Gasteiger partial charge in [0.15, 0.2) is 0 Å². The number of rotatable bonds is 4. The predicted molar refractivity (Wildman–Crippen MR) is 73.2 cm³/mol. The van der Waals surface area contributed by atoms with Crippen molar-refractivity contribution in [2.24, 2.45) is 5.18 Å². The van der Waals surface area contributed by atoms with Crippen molar-refractivity contribution in [3.05, 3.63) is 52.4 Å². The van der Waals surface area contributed by atoms with E-state index in [2.05, 4.69) is 10.5 Å². The summed E-state index contributed by atoms with van der Waals surface area (Å²) in [5, 5.41) is 6.30. The van der Waals surface area contributed by atoms with E-state index in [9.17, 15) is 4.91 Å². The summed E-state index contributed by atoms with van der Waals surface area (Å²) in [6.07, 6.45) is 0. The standard InChI is InChI=1S/C13H11ClN2O2/c1-18-11-5-2-9(3-6-11)15-10-4-7-13(16-17)12(14)8-10/h2-8,15H,1H3. The SMILES string of the molecule is COc1ccc(Nc2ccc(N=O)c(Cl)c2)cc1. The number of anilines is 2. The fourth-order valence-corrected chi connectivity index (χ4v) is 1.71. The molecule has 0 fully saturated rings. The van der Waals surface area contributed by atoms with Crippen molar-refractivity contribution in [3.8, 4) is 5.75 Å². The van der Waals surface area contributed by atoms with E-state index in [1.54, 1.807) is 25.3 Å². The number of hydrogen-bond acceptors (Lipinski definition) is 4. The molecule has 0 saturated heterocycles. The smallest absolute Gasteiger partial charge is 0.126 e. The molecule has 0 saturated carbocycles. The van der Waals surface area contributed by atoms with Crippen LogP contribution in [0, 0.1) is 4.91 Å². The van der Waals surface area contributed by atoms with Crippen LogP contribution in [0.2, 0.25) is 5.02 Å². The zero-order chi connectivity index (χ0) is 13.0. The molecule has 0 radical (unpaired) electrons. The molecule has 1 N–H and O–H groups in total. The van der Waals surface area contributed by atoms with Crippen LogP contribution in [-0.2, 0) is 0 Å². The summed E-state index contributed by atoms with van der Waals surface area (Å²) in [5.41, 5.74) is 1.92. The molecular weight excluding hydrogens is 252 g/mol. The second-order valence-corrected chi connectivity index (χ2v) is 4.02. The number of halogens is 1. The highest BCUT2D eigenvalue weighted by Crippen LogP contribution is 2.29. The van der Waals surface area contributed by atoms with E-state index in [1.807, 2.05) is 24.3 Å². The highest BCUT2D eigenvalue weighted by molar-refractivity contribution is 6.33. The third-order valence-electron chi connectivity index (χ3n) is 2.42. The van der Waals surface area contributed by atoms with Crippen LogP contribution in [0.25, 0.3) is 0 Å². The number of ether oxygens (including phenoxy) is 1. The molecule has 0 bridgehead atoms. The first-order valence-corrected chi connectivity index (χ1v) is 5.64. The second kappa shape index (κ2) is 5.51. The van der Waals surface area contributed by atoms with E-state index in [0.717, 1.165) is 17.1 Å². The van der Waals surface area contributed by atoms with Gasteiger partial charge >= 0.3 is 0 Å². The molecule has 18 heavy (non-hydrogen) atoms. The largest absolute Gasteiger partial charge is 0.497 e. The van der Waals surface area contributed by atoms with Gasteiger partial charge in [-0.2, -0.15) is 0 Å². The van der Waals surface area contributed by atoms with E-state index in [1.165, 1.54) is 0 Å². The molecule has 0 heterocycles. The molecule has 0 unspecified atom stereocenters. The quantitative estimate of drug-likeness (QED) is 0.826. The lowest BCUT2D eigenvalue weighted by atomic mass is 10.2. The summed E-state index contributed by atoms with van der Waals surface area (Å²) in [6, 6.07) is 12.4. The van der Waals surface area contributed by atoms with Gasteiger partial charge in [0, 0.05) is 11.4 Å². The number of methoxy groups -OCH3 is 1. The molecular formula is C13H11ClN2O2. The third kappa shape index (κ3) is 2.78. The van der Waals surface area contributed by atoms with Crippen LogP contribution < -0.4 is 10.1 Å². The molecule has 2 aromatic carbocycles. The van der Waals surface area contributed by atoms with Gasteiger partial charge in [0.25, 0.3) is 0 Å². The van der Waals surface area contributed by atoms with Crippen molar-refractivity contribution in [2.75, 3.05) is 12.4 Å². The molecule has 92 valence electrons. The number of benzene rings is 2. The summed E-state index contributed by atoms with van der Waals surface area (Å²) in [4.78, 5) is 10.4. The minimum Gasteiger partial charge on any atom is -0.497 e. The van der Waals surface area contributed by atoms with Gasteiger partial charge in [0.2, 0.25) is 0 Å². The Bertz CT molecular complexity index is 555. The average Bonchev–Trinajstić information content (AvgIpc) is 2.40. The van der Waals surface area contributed by atoms with Crippen molar-refractivity contribution in [1.82, 2.24) is 0 Å². The van der Waals surface area contributed by atoms with E-state index in [0.29, 0.717) is 5.02 Å². The van der Waals surface area contributed by atoms with Gasteiger partial charge in [-0.1, -0.05) is 11.6 Å². The zero-order valence-corrected chi connectivity index (χ0v) is 10.4. The highest BCUT2D eigenvalue weighted by atomic mass is 35.5. The van der Waals surface area contributed by atoms with Gasteiger partial charge in [0.1, 0.15) is 11.4 Å². The van der Waals surface area contributed by atoms with Crippen molar-refractivity contribution in [1.29, 1.82) is 0 Å². The maximum absolute atomic E-state index is 10.4. The van der Waals surface area contributed by atoms with Crippen molar-refractivity contribution in [3.63, 3.8) is 0 Å². The number of hydrogen-bond donors (Lipinski definition) is 1. The Morgan fingerprint density at radius 1 is 1.11 bits per heavy atom. The average molecular weight is 263 g/mol. The lowest BCUT2D eigenvalue weighted by Gasteiger charge is -2.08. The molecule has 0 aliphatic rings. The second-order valence-electron chi connectivity index (χ2n) is 3.61. The maximum Gasteiger partial charge on any atom is 0.126 e. The number of nitroso groups, excluding NO2 is 1. The Morgan fingerprint density at radius 3 is 2.33 bits per heavy atom. The van der Waals surface area contributed by atoms with Crippen LogP contribution in [0.15, 0.2) is 47.6 Å². The monoisotopic (exact) mass is 262 g/mol. The van der Waals surface area contributed by atoms with Crippen molar-refractivity contribution >= 4 is 28.7 Å². The van der Waals surface area contributed by atoms with Gasteiger partial charge < -0.3 is 10.1 Å². The summed E-state index contributed by atoms with van der Waals surface area (Å²) >= 11 is 5.89. The molecule has 2 rings (SSSR count). The first-order valence-electron chi connectivity index (χ1n) is 5.27. The van der Waals surface area contributed by atoms with Crippen LogP contribution in [0.4, 0.5) is 17.1 Å². The summed E-state index contributed by atoms with van der Waals surface area (Å²) < 4.78 is 5.07. The van der Waals surface area contributed by atoms with Crippen molar-refractivity contribution in [2.45, 2.75) is 0 Å². The van der Waals surface area contributed by atoms with Crippen molar-refractivity contribution < 1.29 is 4.74 Å². The van der Waals surface area contributed by atoms with E-state index in [4.69, 9.17) is 16.3 Å². The molecule has 0 aliphatic heterocycles. The van der Waals surface area contributed by atoms with Crippen LogP contribution >= 0.6 is 11.6 Å². The first kappa shape index (κ1) is 12.4. The Labute approximate surface area is 110 Å². The third-order valence-corrected chi connectivity index (χ3v) is 2.73. The Morgan fingerprint density at radius 2 is 1.78 bits per heavy atom. The molecule has 0 spiro atoms. The van der Waals surface area contributed by atoms with Crippen LogP contribution in [-0.4, -0.2) is 7.11 Å². The van der Waals surface area contributed by atoms with Gasteiger partial charge in [-0.15, -0.1) is 4.91 Å². The Kier molecular flexibility index (Phi) is 3.79. The molecule has 0 aliphatic carbocycles. The van der Waals surface area contributed by atoms with Crippen LogP contribution in [0.5, 0.6) is 5.75 Å². The van der Waals surface area contributed by atoms with Crippen LogP contribution in [0.3, 0.4) is 0 Å². The molecule has 0 amide bonds. The molecule has 5 heteroatoms. The van der Waals surface area contributed by atoms with Gasteiger partial charge in [0.05, 0.1) is 12.1 Å². The Balaban J connectivity index is 2.17. The fourth-order valence-electron chi connectivity index (χ4n) is 1.50.